The van der Waals surface area contributed by atoms with Crippen LogP contribution in [0.5, 0.6) is 0 Å². The molecule has 0 spiro atoms. The Kier molecular flexibility index (Phi) is 5.36. The van der Waals surface area contributed by atoms with Gasteiger partial charge in [0.25, 0.3) is 0 Å². The zero-order valence-electron chi connectivity index (χ0n) is 16.8. The van der Waals surface area contributed by atoms with Crippen LogP contribution < -0.4 is 5.32 Å². The molecule has 4 rings (SSSR count). The van der Waals surface area contributed by atoms with E-state index < -0.39 is 21.7 Å². The Morgan fingerprint density at radius 3 is 2.53 bits per heavy atom. The highest BCUT2D eigenvalue weighted by Crippen LogP contribution is 2.33. The SMILES string of the molecule is CC1CC(C)CN(C(=O)C(=O)Nc2c3c(nn2-c2cccc(Cl)c2)CS(=O)(=O)C3)C1. The Morgan fingerprint density at radius 1 is 1.17 bits per heavy atom. The molecule has 1 fully saturated rings. The van der Waals surface area contributed by atoms with Crippen molar-refractivity contribution in [3.63, 3.8) is 0 Å². The summed E-state index contributed by atoms with van der Waals surface area (Å²) in [6, 6.07) is 6.83. The number of piperidine rings is 1. The van der Waals surface area contributed by atoms with Crippen LogP contribution >= 0.6 is 11.6 Å². The molecule has 2 atom stereocenters. The van der Waals surface area contributed by atoms with Crippen molar-refractivity contribution in [2.75, 3.05) is 18.4 Å². The smallest absolute Gasteiger partial charge is 0.315 e. The lowest BCUT2D eigenvalue weighted by molar-refractivity contribution is -0.145. The summed E-state index contributed by atoms with van der Waals surface area (Å²) in [5.41, 5.74) is 1.35. The highest BCUT2D eigenvalue weighted by atomic mass is 35.5. The van der Waals surface area contributed by atoms with Crippen LogP contribution in [0.25, 0.3) is 5.69 Å². The summed E-state index contributed by atoms with van der Waals surface area (Å²) in [5, 5.41) is 7.49. The molecule has 2 aliphatic heterocycles. The van der Waals surface area contributed by atoms with Gasteiger partial charge in [-0.25, -0.2) is 13.1 Å². The van der Waals surface area contributed by atoms with Crippen LogP contribution in [0, 0.1) is 11.8 Å². The number of sulfone groups is 1. The Bertz CT molecular complexity index is 1120. The lowest BCUT2D eigenvalue weighted by Crippen LogP contribution is -2.47. The summed E-state index contributed by atoms with van der Waals surface area (Å²) in [7, 11) is -3.33. The van der Waals surface area contributed by atoms with Crippen molar-refractivity contribution < 1.29 is 18.0 Å². The molecule has 2 aromatic rings. The summed E-state index contributed by atoms with van der Waals surface area (Å²) in [4.78, 5) is 27.2. The third kappa shape index (κ3) is 4.09. The number of fused-ring (bicyclic) bond motifs is 1. The lowest BCUT2D eigenvalue weighted by atomic mass is 9.92. The molecule has 160 valence electrons. The van der Waals surface area contributed by atoms with Gasteiger partial charge in [-0.2, -0.15) is 5.10 Å². The molecule has 3 heterocycles. The fourth-order valence-electron chi connectivity index (χ4n) is 4.30. The van der Waals surface area contributed by atoms with Crippen LogP contribution in [0.2, 0.25) is 5.02 Å². The fraction of sp³-hybridized carbons (Fsp3) is 0.450. The predicted molar refractivity (Wildman–Crippen MR) is 113 cm³/mol. The number of benzene rings is 1. The first-order valence-electron chi connectivity index (χ1n) is 9.80. The van der Waals surface area contributed by atoms with Gasteiger partial charge in [-0.1, -0.05) is 31.5 Å². The van der Waals surface area contributed by atoms with Gasteiger partial charge in [0.1, 0.15) is 5.82 Å². The van der Waals surface area contributed by atoms with Gasteiger partial charge in [-0.05, 0) is 36.5 Å². The molecule has 0 bridgehead atoms. The van der Waals surface area contributed by atoms with Crippen molar-refractivity contribution in [3.05, 3.63) is 40.5 Å². The second-order valence-corrected chi connectivity index (χ2v) is 10.8. The molecule has 1 saturated heterocycles. The number of halogens is 1. The van der Waals surface area contributed by atoms with Gasteiger partial charge < -0.3 is 10.2 Å². The number of carbonyl (C=O) groups excluding carboxylic acids is 2. The average Bonchev–Trinajstić information content (AvgIpc) is 3.12. The number of hydrogen-bond acceptors (Lipinski definition) is 5. The summed E-state index contributed by atoms with van der Waals surface area (Å²) >= 11 is 6.09. The van der Waals surface area contributed by atoms with Crippen molar-refractivity contribution >= 4 is 39.1 Å². The van der Waals surface area contributed by atoms with Crippen LogP contribution in [-0.2, 0) is 30.9 Å². The zero-order chi connectivity index (χ0) is 21.6. The minimum absolute atomic E-state index is 0.199. The van der Waals surface area contributed by atoms with Crippen LogP contribution in [0.4, 0.5) is 5.82 Å². The van der Waals surface area contributed by atoms with Gasteiger partial charge in [0.2, 0.25) is 0 Å². The molecule has 0 saturated carbocycles. The van der Waals surface area contributed by atoms with Crippen molar-refractivity contribution in [2.45, 2.75) is 31.8 Å². The second kappa shape index (κ2) is 7.70. The number of nitrogens with zero attached hydrogens (tertiary/aromatic N) is 3. The Morgan fingerprint density at radius 2 is 1.87 bits per heavy atom. The number of likely N-dealkylation sites (tertiary alicyclic amines) is 1. The first kappa shape index (κ1) is 20.9. The van der Waals surface area contributed by atoms with Gasteiger partial charge in [0, 0.05) is 23.7 Å². The molecule has 1 N–H and O–H groups in total. The molecule has 0 radical (unpaired) electrons. The maximum atomic E-state index is 12.8. The highest BCUT2D eigenvalue weighted by Gasteiger charge is 2.35. The molecule has 10 heteroatoms. The normalized spacial score (nSPS) is 22.6. The lowest BCUT2D eigenvalue weighted by Gasteiger charge is -2.34. The first-order chi connectivity index (χ1) is 14.1. The molecule has 8 nitrogen and oxygen atoms in total. The predicted octanol–water partition coefficient (Wildman–Crippen LogP) is 2.40. The van der Waals surface area contributed by atoms with E-state index >= 15 is 0 Å². The first-order valence-corrected chi connectivity index (χ1v) is 12.0. The van der Waals surface area contributed by atoms with E-state index in [9.17, 15) is 18.0 Å². The molecule has 2 unspecified atom stereocenters. The van der Waals surface area contributed by atoms with Crippen molar-refractivity contribution in [2.24, 2.45) is 11.8 Å². The molecule has 0 aliphatic carbocycles. The van der Waals surface area contributed by atoms with Gasteiger partial charge in [-0.15, -0.1) is 0 Å². The van der Waals surface area contributed by atoms with E-state index in [1.807, 2.05) is 0 Å². The quantitative estimate of drug-likeness (QED) is 0.708. The van der Waals surface area contributed by atoms with Crippen molar-refractivity contribution in [1.82, 2.24) is 14.7 Å². The van der Waals surface area contributed by atoms with Crippen molar-refractivity contribution in [1.29, 1.82) is 0 Å². The number of anilines is 1. The number of carbonyl (C=O) groups is 2. The van der Waals surface area contributed by atoms with E-state index in [-0.39, 0.29) is 17.3 Å². The second-order valence-electron chi connectivity index (χ2n) is 8.31. The number of nitrogens with one attached hydrogen (secondary N) is 1. The van der Waals surface area contributed by atoms with Crippen LogP contribution in [0.1, 0.15) is 31.5 Å². The molecular weight excluding hydrogens is 428 g/mol. The van der Waals surface area contributed by atoms with Crippen LogP contribution in [0.15, 0.2) is 24.3 Å². The van der Waals surface area contributed by atoms with Crippen LogP contribution in [0.3, 0.4) is 0 Å². The Balaban J connectivity index is 1.66. The summed E-state index contributed by atoms with van der Waals surface area (Å²) in [6.07, 6.45) is 1.01. The summed E-state index contributed by atoms with van der Waals surface area (Å²) < 4.78 is 25.6. The third-order valence-electron chi connectivity index (χ3n) is 5.42. The van der Waals surface area contributed by atoms with E-state index in [2.05, 4.69) is 24.3 Å². The van der Waals surface area contributed by atoms with E-state index in [4.69, 9.17) is 11.6 Å². The number of aromatic nitrogens is 2. The number of amides is 2. The highest BCUT2D eigenvalue weighted by molar-refractivity contribution is 7.90. The Labute approximate surface area is 180 Å². The minimum atomic E-state index is -3.33. The molecule has 2 amide bonds. The van der Waals surface area contributed by atoms with Gasteiger partial charge >= 0.3 is 11.8 Å². The number of rotatable bonds is 2. The molecular formula is C20H23ClN4O4S. The fourth-order valence-corrected chi connectivity index (χ4v) is 5.98. The maximum absolute atomic E-state index is 12.8. The Hall–Kier alpha value is -2.39. The minimum Gasteiger partial charge on any atom is -0.334 e. The number of hydrogen-bond donors (Lipinski definition) is 1. The topological polar surface area (TPSA) is 101 Å². The van der Waals surface area contributed by atoms with E-state index in [1.165, 1.54) is 4.68 Å². The van der Waals surface area contributed by atoms with Crippen LogP contribution in [-0.4, -0.2) is 48.0 Å². The largest absolute Gasteiger partial charge is 0.334 e. The monoisotopic (exact) mass is 450 g/mol. The molecule has 2 aliphatic rings. The zero-order valence-corrected chi connectivity index (χ0v) is 18.3. The summed E-state index contributed by atoms with van der Waals surface area (Å²) in [6.45, 7) is 5.16. The third-order valence-corrected chi connectivity index (χ3v) is 7.10. The average molecular weight is 451 g/mol. The standard InChI is InChI=1S/C20H23ClN4O4S/c1-12-6-13(2)9-24(8-12)20(27)19(26)22-18-16-10-30(28,29)11-17(16)23-25(18)15-5-3-4-14(21)7-15/h3-5,7,12-13H,6,8-11H2,1-2H3,(H,22,26). The van der Waals surface area contributed by atoms with Gasteiger partial charge in [-0.3, -0.25) is 9.59 Å². The molecule has 30 heavy (non-hydrogen) atoms. The maximum Gasteiger partial charge on any atom is 0.315 e. The molecule has 1 aromatic heterocycles. The molecule has 1 aromatic carbocycles. The van der Waals surface area contributed by atoms with Gasteiger partial charge in [0.15, 0.2) is 9.84 Å². The van der Waals surface area contributed by atoms with Gasteiger partial charge in [0.05, 0.1) is 22.9 Å². The van der Waals surface area contributed by atoms with Crippen molar-refractivity contribution in [3.8, 4) is 5.69 Å². The van der Waals surface area contributed by atoms with E-state index in [1.54, 1.807) is 29.2 Å². The van der Waals surface area contributed by atoms with E-state index in [0.29, 0.717) is 46.9 Å². The van der Waals surface area contributed by atoms with E-state index in [0.717, 1.165) is 6.42 Å². The summed E-state index contributed by atoms with van der Waals surface area (Å²) in [5.74, 6) is -1.02.